The van der Waals surface area contributed by atoms with E-state index in [-0.39, 0.29) is 11.8 Å². The Hall–Kier alpha value is -2.43. The molecule has 5 heteroatoms. The van der Waals surface area contributed by atoms with Crippen LogP contribution >= 0.6 is 0 Å². The number of amides is 2. The van der Waals surface area contributed by atoms with Crippen molar-refractivity contribution in [2.75, 3.05) is 6.54 Å². The highest BCUT2D eigenvalue weighted by Gasteiger charge is 2.16. The Bertz CT molecular complexity index is 826. The van der Waals surface area contributed by atoms with E-state index in [1.165, 1.54) is 24.8 Å². The number of benzene rings is 1. The highest BCUT2D eigenvalue weighted by Crippen LogP contribution is 2.21. The second-order valence-electron chi connectivity index (χ2n) is 7.42. The third kappa shape index (κ3) is 5.06. The van der Waals surface area contributed by atoms with Gasteiger partial charge in [0.2, 0.25) is 5.91 Å². The van der Waals surface area contributed by atoms with Crippen LogP contribution in [-0.2, 0) is 11.2 Å². The fraction of sp³-hybridized carbons (Fsp3) is 0.500. The summed E-state index contributed by atoms with van der Waals surface area (Å²) in [6, 6.07) is 8.18. The maximum atomic E-state index is 12.7. The largest absolute Gasteiger partial charge is 0.353 e. The van der Waals surface area contributed by atoms with Gasteiger partial charge in [-0.05, 0) is 49.9 Å². The quantitative estimate of drug-likeness (QED) is 0.818. The lowest BCUT2D eigenvalue weighted by molar-refractivity contribution is -0.121. The van der Waals surface area contributed by atoms with E-state index in [0.717, 1.165) is 35.9 Å². The third-order valence-corrected chi connectivity index (χ3v) is 5.26. The summed E-state index contributed by atoms with van der Waals surface area (Å²) in [5.74, 6) is -0.129. The standard InChI is InChI=1S/C22H29N3O2/c1-3-16-9-10-20-18(14-16)19(13-15(2)24-20)22(27)23-12-11-21(26)25-17-7-5-4-6-8-17/h9-10,13-14,17H,3-8,11-12H2,1-2H3,(H,23,27)(H,25,26). The summed E-state index contributed by atoms with van der Waals surface area (Å²) >= 11 is 0. The van der Waals surface area contributed by atoms with E-state index in [0.29, 0.717) is 24.6 Å². The Morgan fingerprint density at radius 1 is 1.15 bits per heavy atom. The van der Waals surface area contributed by atoms with Crippen LogP contribution in [-0.4, -0.2) is 29.4 Å². The number of fused-ring (bicyclic) bond motifs is 1. The zero-order chi connectivity index (χ0) is 19.2. The number of carbonyl (C=O) groups is 2. The van der Waals surface area contributed by atoms with Crippen molar-refractivity contribution < 1.29 is 9.59 Å². The third-order valence-electron chi connectivity index (χ3n) is 5.26. The normalized spacial score (nSPS) is 14.9. The number of aryl methyl sites for hydroxylation is 2. The first kappa shape index (κ1) is 19.3. The molecule has 0 saturated heterocycles. The Morgan fingerprint density at radius 2 is 1.93 bits per heavy atom. The molecule has 3 rings (SSSR count). The second-order valence-corrected chi connectivity index (χ2v) is 7.42. The van der Waals surface area contributed by atoms with Crippen molar-refractivity contribution in [3.8, 4) is 0 Å². The molecule has 0 aliphatic heterocycles. The van der Waals surface area contributed by atoms with Gasteiger partial charge in [0.25, 0.3) is 5.91 Å². The number of rotatable bonds is 6. The van der Waals surface area contributed by atoms with E-state index < -0.39 is 0 Å². The number of hydrogen-bond donors (Lipinski definition) is 2. The summed E-state index contributed by atoms with van der Waals surface area (Å²) in [6.45, 7) is 4.32. The van der Waals surface area contributed by atoms with Gasteiger partial charge in [0, 0.05) is 30.1 Å². The lowest BCUT2D eigenvalue weighted by Crippen LogP contribution is -2.38. The van der Waals surface area contributed by atoms with Crippen LogP contribution in [0.2, 0.25) is 0 Å². The summed E-state index contributed by atoms with van der Waals surface area (Å²) in [5.41, 5.74) is 3.44. The van der Waals surface area contributed by atoms with Crippen LogP contribution in [0, 0.1) is 6.92 Å². The van der Waals surface area contributed by atoms with Crippen molar-refractivity contribution in [3.05, 3.63) is 41.1 Å². The van der Waals surface area contributed by atoms with Crippen LogP contribution in [0.15, 0.2) is 24.3 Å². The van der Waals surface area contributed by atoms with E-state index in [9.17, 15) is 9.59 Å². The first-order chi connectivity index (χ1) is 13.1. The highest BCUT2D eigenvalue weighted by molar-refractivity contribution is 6.06. The molecule has 0 radical (unpaired) electrons. The molecule has 1 aromatic carbocycles. The smallest absolute Gasteiger partial charge is 0.252 e. The van der Waals surface area contributed by atoms with Crippen molar-refractivity contribution in [3.63, 3.8) is 0 Å². The Labute approximate surface area is 160 Å². The Kier molecular flexibility index (Phi) is 6.43. The fourth-order valence-corrected chi connectivity index (χ4v) is 3.74. The van der Waals surface area contributed by atoms with E-state index in [4.69, 9.17) is 0 Å². The molecule has 0 atom stereocenters. The van der Waals surface area contributed by atoms with Gasteiger partial charge in [0.1, 0.15) is 0 Å². The predicted molar refractivity (Wildman–Crippen MR) is 108 cm³/mol. The monoisotopic (exact) mass is 367 g/mol. The summed E-state index contributed by atoms with van der Waals surface area (Å²) < 4.78 is 0. The van der Waals surface area contributed by atoms with Crippen LogP contribution in [0.3, 0.4) is 0 Å². The first-order valence-electron chi connectivity index (χ1n) is 10.0. The molecule has 0 unspecified atom stereocenters. The SMILES string of the molecule is CCc1ccc2nc(C)cc(C(=O)NCCC(=O)NC3CCCCC3)c2c1. The van der Waals surface area contributed by atoms with Crippen molar-refractivity contribution >= 4 is 22.7 Å². The van der Waals surface area contributed by atoms with Gasteiger partial charge in [0.05, 0.1) is 11.1 Å². The van der Waals surface area contributed by atoms with Crippen LogP contribution in [0.25, 0.3) is 10.9 Å². The molecular formula is C22H29N3O2. The van der Waals surface area contributed by atoms with Crippen molar-refractivity contribution in [2.24, 2.45) is 0 Å². The molecule has 1 aliphatic rings. The number of nitrogens with one attached hydrogen (secondary N) is 2. The molecule has 1 saturated carbocycles. The lowest BCUT2D eigenvalue weighted by atomic mass is 9.95. The molecule has 1 heterocycles. The zero-order valence-electron chi connectivity index (χ0n) is 16.3. The maximum absolute atomic E-state index is 12.7. The van der Waals surface area contributed by atoms with Gasteiger partial charge in [-0.3, -0.25) is 14.6 Å². The number of hydrogen-bond acceptors (Lipinski definition) is 3. The summed E-state index contributed by atoms with van der Waals surface area (Å²) in [7, 11) is 0. The van der Waals surface area contributed by atoms with Gasteiger partial charge in [-0.15, -0.1) is 0 Å². The Morgan fingerprint density at radius 3 is 2.67 bits per heavy atom. The number of aromatic nitrogens is 1. The van der Waals surface area contributed by atoms with Gasteiger partial charge < -0.3 is 10.6 Å². The van der Waals surface area contributed by atoms with Crippen molar-refractivity contribution in [1.29, 1.82) is 0 Å². The number of carbonyl (C=O) groups excluding carboxylic acids is 2. The van der Waals surface area contributed by atoms with E-state index in [2.05, 4.69) is 22.5 Å². The minimum Gasteiger partial charge on any atom is -0.353 e. The molecule has 2 amide bonds. The number of pyridine rings is 1. The van der Waals surface area contributed by atoms with Gasteiger partial charge in [-0.2, -0.15) is 0 Å². The van der Waals surface area contributed by atoms with Gasteiger partial charge in [0.15, 0.2) is 0 Å². The van der Waals surface area contributed by atoms with Crippen molar-refractivity contribution in [2.45, 2.75) is 64.8 Å². The lowest BCUT2D eigenvalue weighted by Gasteiger charge is -2.22. The van der Waals surface area contributed by atoms with Crippen LogP contribution in [0.4, 0.5) is 0 Å². The van der Waals surface area contributed by atoms with Gasteiger partial charge in [-0.25, -0.2) is 0 Å². The molecule has 144 valence electrons. The molecule has 5 nitrogen and oxygen atoms in total. The minimum atomic E-state index is -0.149. The highest BCUT2D eigenvalue weighted by atomic mass is 16.2. The second kappa shape index (κ2) is 8.98. The van der Waals surface area contributed by atoms with E-state index in [1.54, 1.807) is 0 Å². The van der Waals surface area contributed by atoms with Gasteiger partial charge >= 0.3 is 0 Å². The molecule has 0 spiro atoms. The average Bonchev–Trinajstić information content (AvgIpc) is 2.67. The van der Waals surface area contributed by atoms with Crippen molar-refractivity contribution in [1.82, 2.24) is 15.6 Å². The zero-order valence-corrected chi connectivity index (χ0v) is 16.3. The average molecular weight is 367 g/mol. The topological polar surface area (TPSA) is 71.1 Å². The van der Waals surface area contributed by atoms with Crippen LogP contribution in [0.5, 0.6) is 0 Å². The fourth-order valence-electron chi connectivity index (χ4n) is 3.74. The molecule has 1 aromatic heterocycles. The summed E-state index contributed by atoms with van der Waals surface area (Å²) in [6.07, 6.45) is 7.00. The predicted octanol–water partition coefficient (Wildman–Crippen LogP) is 3.67. The molecular weight excluding hydrogens is 338 g/mol. The molecule has 27 heavy (non-hydrogen) atoms. The molecule has 2 aromatic rings. The number of nitrogens with zero attached hydrogens (tertiary/aromatic N) is 1. The van der Waals surface area contributed by atoms with Gasteiger partial charge in [-0.1, -0.05) is 32.3 Å². The molecule has 1 aliphatic carbocycles. The molecule has 2 N–H and O–H groups in total. The minimum absolute atomic E-state index is 0.0197. The van der Waals surface area contributed by atoms with E-state index >= 15 is 0 Å². The maximum Gasteiger partial charge on any atom is 0.252 e. The Balaban J connectivity index is 1.61. The molecule has 1 fully saturated rings. The van der Waals surface area contributed by atoms with E-state index in [1.807, 2.05) is 31.2 Å². The summed E-state index contributed by atoms with van der Waals surface area (Å²) in [4.78, 5) is 29.3. The van der Waals surface area contributed by atoms with Crippen LogP contribution < -0.4 is 10.6 Å². The van der Waals surface area contributed by atoms with Crippen LogP contribution in [0.1, 0.15) is 67.1 Å². The summed E-state index contributed by atoms with van der Waals surface area (Å²) in [5, 5.41) is 6.85. The first-order valence-corrected chi connectivity index (χ1v) is 10.0. The molecule has 0 bridgehead atoms.